The molecule has 182 valence electrons. The molecule has 1 atom stereocenters. The SMILES string of the molecule is O=C(CCCCC(O)c1c(CCc2ccccc2O)ccc2oc3ccccc3c12)N1CCCC1. The Bertz CT molecular complexity index is 1320. The van der Waals surface area contributed by atoms with Crippen LogP contribution in [0.25, 0.3) is 21.9 Å². The van der Waals surface area contributed by atoms with Crippen molar-refractivity contribution in [3.8, 4) is 5.75 Å². The van der Waals surface area contributed by atoms with Crippen LogP contribution in [0.1, 0.15) is 61.3 Å². The van der Waals surface area contributed by atoms with Crippen LogP contribution in [0.4, 0.5) is 0 Å². The quantitative estimate of drug-likeness (QED) is 0.281. The van der Waals surface area contributed by atoms with Crippen molar-refractivity contribution in [1.82, 2.24) is 4.90 Å². The normalized spacial score (nSPS) is 14.7. The van der Waals surface area contributed by atoms with Crippen LogP contribution in [0.15, 0.2) is 65.1 Å². The molecule has 1 aromatic heterocycles. The molecule has 0 aliphatic carbocycles. The number of unbranched alkanes of at least 4 members (excludes halogenated alkanes) is 1. The summed E-state index contributed by atoms with van der Waals surface area (Å²) >= 11 is 0. The Morgan fingerprint density at radius 3 is 2.46 bits per heavy atom. The topological polar surface area (TPSA) is 73.9 Å². The number of nitrogens with zero attached hydrogens (tertiary/aromatic N) is 1. The van der Waals surface area contributed by atoms with Gasteiger partial charge in [0.1, 0.15) is 16.9 Å². The molecule has 1 amide bonds. The number of likely N-dealkylation sites (tertiary alicyclic amines) is 1. The van der Waals surface area contributed by atoms with Gasteiger partial charge in [0.25, 0.3) is 0 Å². The number of phenols is 1. The average molecular weight is 472 g/mol. The van der Waals surface area contributed by atoms with Crippen LogP contribution < -0.4 is 0 Å². The summed E-state index contributed by atoms with van der Waals surface area (Å²) in [6.45, 7) is 1.77. The molecular weight excluding hydrogens is 438 g/mol. The van der Waals surface area contributed by atoms with Crippen LogP contribution in [0.3, 0.4) is 0 Å². The Balaban J connectivity index is 1.38. The van der Waals surface area contributed by atoms with Gasteiger partial charge in [-0.25, -0.2) is 0 Å². The molecule has 5 heteroatoms. The molecule has 2 N–H and O–H groups in total. The van der Waals surface area contributed by atoms with Gasteiger partial charge < -0.3 is 19.5 Å². The number of furan rings is 1. The number of aromatic hydroxyl groups is 1. The third-order valence-electron chi connectivity index (χ3n) is 7.24. The lowest BCUT2D eigenvalue weighted by Gasteiger charge is -2.18. The maximum Gasteiger partial charge on any atom is 0.222 e. The van der Waals surface area contributed by atoms with Crippen LogP contribution in [-0.4, -0.2) is 34.1 Å². The molecule has 2 heterocycles. The summed E-state index contributed by atoms with van der Waals surface area (Å²) in [4.78, 5) is 14.3. The zero-order valence-corrected chi connectivity index (χ0v) is 20.1. The van der Waals surface area contributed by atoms with Crippen molar-refractivity contribution in [2.45, 2.75) is 57.5 Å². The number of rotatable bonds is 9. The number of aliphatic hydroxyl groups is 1. The molecule has 4 aromatic rings. The summed E-state index contributed by atoms with van der Waals surface area (Å²) < 4.78 is 6.09. The van der Waals surface area contributed by atoms with E-state index in [4.69, 9.17) is 4.42 Å². The molecule has 3 aromatic carbocycles. The summed E-state index contributed by atoms with van der Waals surface area (Å²) in [5.74, 6) is 0.537. The largest absolute Gasteiger partial charge is 0.508 e. The van der Waals surface area contributed by atoms with E-state index in [0.29, 0.717) is 31.4 Å². The molecule has 1 aliphatic rings. The van der Waals surface area contributed by atoms with Crippen molar-refractivity contribution >= 4 is 27.8 Å². The van der Waals surface area contributed by atoms with Gasteiger partial charge in [-0.05, 0) is 73.4 Å². The van der Waals surface area contributed by atoms with Crippen LogP contribution in [-0.2, 0) is 17.6 Å². The number of carbonyl (C=O) groups excluding carboxylic acids is 1. The smallest absolute Gasteiger partial charge is 0.222 e. The molecule has 1 fully saturated rings. The summed E-state index contributed by atoms with van der Waals surface area (Å²) in [5, 5.41) is 23.6. The van der Waals surface area contributed by atoms with E-state index in [0.717, 1.165) is 77.4 Å². The number of fused-ring (bicyclic) bond motifs is 3. The third-order valence-corrected chi connectivity index (χ3v) is 7.24. The second-order valence-electron chi connectivity index (χ2n) is 9.59. The van der Waals surface area contributed by atoms with Crippen LogP contribution >= 0.6 is 0 Å². The van der Waals surface area contributed by atoms with E-state index in [9.17, 15) is 15.0 Å². The Morgan fingerprint density at radius 1 is 0.886 bits per heavy atom. The Hall–Kier alpha value is -3.31. The van der Waals surface area contributed by atoms with Gasteiger partial charge in [0, 0.05) is 30.3 Å². The number of amides is 1. The number of hydrogen-bond acceptors (Lipinski definition) is 4. The molecule has 1 saturated heterocycles. The molecule has 0 radical (unpaired) electrons. The second-order valence-corrected chi connectivity index (χ2v) is 9.59. The highest BCUT2D eigenvalue weighted by molar-refractivity contribution is 6.07. The molecule has 0 bridgehead atoms. The van der Waals surface area contributed by atoms with Gasteiger partial charge in [-0.15, -0.1) is 0 Å². The lowest BCUT2D eigenvalue weighted by atomic mass is 9.90. The molecule has 35 heavy (non-hydrogen) atoms. The predicted octanol–water partition coefficient (Wildman–Crippen LogP) is 6.29. The Labute approximate surface area is 206 Å². The fourth-order valence-electron chi connectivity index (χ4n) is 5.36. The third kappa shape index (κ3) is 5.06. The molecule has 0 spiro atoms. The Morgan fingerprint density at radius 2 is 1.63 bits per heavy atom. The van der Waals surface area contributed by atoms with Gasteiger partial charge in [0.15, 0.2) is 0 Å². The number of aliphatic hydroxyl groups excluding tert-OH is 1. The summed E-state index contributed by atoms with van der Waals surface area (Å²) in [6, 6.07) is 19.4. The number of aryl methyl sites for hydroxylation is 2. The summed E-state index contributed by atoms with van der Waals surface area (Å²) in [7, 11) is 0. The number of phenolic OH excluding ortho intramolecular Hbond substituents is 1. The van der Waals surface area contributed by atoms with Gasteiger partial charge in [-0.2, -0.15) is 0 Å². The highest BCUT2D eigenvalue weighted by atomic mass is 16.3. The first kappa shape index (κ1) is 23.4. The number of carbonyl (C=O) groups is 1. The van der Waals surface area contributed by atoms with E-state index >= 15 is 0 Å². The van der Waals surface area contributed by atoms with Crippen molar-refractivity contribution in [1.29, 1.82) is 0 Å². The first-order valence-electron chi connectivity index (χ1n) is 12.8. The first-order valence-corrected chi connectivity index (χ1v) is 12.8. The number of para-hydroxylation sites is 2. The maximum atomic E-state index is 12.4. The van der Waals surface area contributed by atoms with Gasteiger partial charge in [0.2, 0.25) is 5.91 Å². The molecular formula is C30H33NO4. The van der Waals surface area contributed by atoms with E-state index in [-0.39, 0.29) is 5.91 Å². The molecule has 0 saturated carbocycles. The van der Waals surface area contributed by atoms with Crippen LogP contribution in [0, 0.1) is 0 Å². The zero-order valence-electron chi connectivity index (χ0n) is 20.1. The zero-order chi connectivity index (χ0) is 24.2. The summed E-state index contributed by atoms with van der Waals surface area (Å²) in [6.07, 6.45) is 5.65. The van der Waals surface area contributed by atoms with Gasteiger partial charge in [-0.1, -0.05) is 48.9 Å². The Kier molecular flexibility index (Phi) is 7.05. The summed E-state index contributed by atoms with van der Waals surface area (Å²) in [5.41, 5.74) is 4.45. The van der Waals surface area contributed by atoms with E-state index in [1.807, 2.05) is 59.5 Å². The highest BCUT2D eigenvalue weighted by Crippen LogP contribution is 2.38. The van der Waals surface area contributed by atoms with E-state index in [1.54, 1.807) is 6.07 Å². The van der Waals surface area contributed by atoms with Gasteiger partial charge >= 0.3 is 0 Å². The fourth-order valence-corrected chi connectivity index (χ4v) is 5.36. The fraction of sp³-hybridized carbons (Fsp3) is 0.367. The van der Waals surface area contributed by atoms with Crippen molar-refractivity contribution in [2.75, 3.05) is 13.1 Å². The lowest BCUT2D eigenvalue weighted by Crippen LogP contribution is -2.27. The minimum absolute atomic E-state index is 0.239. The standard InChI is InChI=1S/C30H33NO4/c32-24-11-3-1-9-21(24)15-16-22-17-18-27-30(23-10-2-5-13-26(23)35-27)29(22)25(33)12-4-6-14-28(34)31-19-7-8-20-31/h1-3,5,9-11,13,17-18,25,32-33H,4,6-8,12,14-16,19-20H2. The van der Waals surface area contributed by atoms with Crippen molar-refractivity contribution in [3.05, 3.63) is 77.4 Å². The minimum atomic E-state index is -0.652. The average Bonchev–Trinajstić information content (AvgIpc) is 3.54. The van der Waals surface area contributed by atoms with Crippen LogP contribution in [0.5, 0.6) is 5.75 Å². The highest BCUT2D eigenvalue weighted by Gasteiger charge is 2.22. The minimum Gasteiger partial charge on any atom is -0.508 e. The maximum absolute atomic E-state index is 12.4. The van der Waals surface area contributed by atoms with Crippen molar-refractivity contribution < 1.29 is 19.4 Å². The van der Waals surface area contributed by atoms with E-state index in [2.05, 4.69) is 0 Å². The number of hydrogen-bond donors (Lipinski definition) is 2. The van der Waals surface area contributed by atoms with E-state index < -0.39 is 6.10 Å². The molecule has 5 nitrogen and oxygen atoms in total. The number of benzene rings is 3. The lowest BCUT2D eigenvalue weighted by molar-refractivity contribution is -0.130. The van der Waals surface area contributed by atoms with Crippen LogP contribution in [0.2, 0.25) is 0 Å². The molecule has 1 aliphatic heterocycles. The van der Waals surface area contributed by atoms with Gasteiger partial charge in [0.05, 0.1) is 6.10 Å². The van der Waals surface area contributed by atoms with Crippen molar-refractivity contribution in [2.24, 2.45) is 0 Å². The van der Waals surface area contributed by atoms with Gasteiger partial charge in [-0.3, -0.25) is 4.79 Å². The molecule has 1 unspecified atom stereocenters. The predicted molar refractivity (Wildman–Crippen MR) is 138 cm³/mol. The molecule has 5 rings (SSSR count). The van der Waals surface area contributed by atoms with E-state index in [1.165, 1.54) is 0 Å². The monoisotopic (exact) mass is 471 g/mol. The van der Waals surface area contributed by atoms with Crippen molar-refractivity contribution in [3.63, 3.8) is 0 Å². The first-order chi connectivity index (χ1) is 17.1. The second kappa shape index (κ2) is 10.5.